The van der Waals surface area contributed by atoms with Crippen molar-refractivity contribution in [2.75, 3.05) is 32.7 Å². The van der Waals surface area contributed by atoms with Gasteiger partial charge in [0.2, 0.25) is 5.91 Å². The van der Waals surface area contributed by atoms with Gasteiger partial charge in [0.15, 0.2) is 0 Å². The van der Waals surface area contributed by atoms with E-state index in [9.17, 15) is 9.59 Å². The van der Waals surface area contributed by atoms with Gasteiger partial charge in [0.25, 0.3) is 5.91 Å². The summed E-state index contributed by atoms with van der Waals surface area (Å²) in [5.41, 5.74) is 1.35. The largest absolute Gasteiger partial charge is 0.342 e. The van der Waals surface area contributed by atoms with Crippen molar-refractivity contribution >= 4 is 23.2 Å². The van der Waals surface area contributed by atoms with Gasteiger partial charge in [0.05, 0.1) is 12.7 Å². The molecule has 1 fully saturated rings. The van der Waals surface area contributed by atoms with E-state index in [1.54, 1.807) is 17.3 Å². The number of nitrogens with zero attached hydrogens (tertiary/aromatic N) is 5. The third-order valence-corrected chi connectivity index (χ3v) is 5.79. The molecule has 0 saturated carbocycles. The number of amides is 2. The van der Waals surface area contributed by atoms with E-state index >= 15 is 0 Å². The molecule has 0 aliphatic carbocycles. The lowest BCUT2D eigenvalue weighted by molar-refractivity contribution is -0.123. The summed E-state index contributed by atoms with van der Waals surface area (Å²) in [6, 6.07) is 9.57. The Morgan fingerprint density at radius 1 is 1.03 bits per heavy atom. The fourth-order valence-electron chi connectivity index (χ4n) is 3.40. The van der Waals surface area contributed by atoms with Crippen molar-refractivity contribution in [3.05, 3.63) is 76.8 Å². The number of hydrogen-bond donors (Lipinski definition) is 1. The van der Waals surface area contributed by atoms with E-state index in [-0.39, 0.29) is 24.4 Å². The molecule has 1 atom stereocenters. The highest BCUT2D eigenvalue weighted by molar-refractivity contribution is 7.09. The van der Waals surface area contributed by atoms with Crippen molar-refractivity contribution in [2.24, 2.45) is 0 Å². The Morgan fingerprint density at radius 3 is 2.50 bits per heavy atom. The van der Waals surface area contributed by atoms with Crippen LogP contribution in [0.1, 0.15) is 27.1 Å². The average Bonchev–Trinajstić information content (AvgIpc) is 3.33. The van der Waals surface area contributed by atoms with Gasteiger partial charge in [0.1, 0.15) is 16.7 Å². The van der Waals surface area contributed by atoms with Crippen LogP contribution in [0.5, 0.6) is 0 Å². The molecular formula is C21H22N6O2S. The molecule has 3 aromatic rings. The summed E-state index contributed by atoms with van der Waals surface area (Å²) in [6.07, 6.45) is 6.28. The van der Waals surface area contributed by atoms with E-state index < -0.39 is 0 Å². The molecule has 0 bridgehead atoms. The van der Waals surface area contributed by atoms with Crippen molar-refractivity contribution in [3.63, 3.8) is 0 Å². The van der Waals surface area contributed by atoms with E-state index in [4.69, 9.17) is 0 Å². The van der Waals surface area contributed by atoms with Gasteiger partial charge in [-0.1, -0.05) is 30.3 Å². The van der Waals surface area contributed by atoms with Gasteiger partial charge in [-0.3, -0.25) is 19.5 Å². The first kappa shape index (κ1) is 20.1. The lowest BCUT2D eigenvalue weighted by atomic mass is 10.1. The second-order valence-electron chi connectivity index (χ2n) is 6.94. The summed E-state index contributed by atoms with van der Waals surface area (Å²) >= 11 is 1.52. The third kappa shape index (κ3) is 4.87. The number of piperazine rings is 1. The predicted octanol–water partition coefficient (Wildman–Crippen LogP) is 1.60. The van der Waals surface area contributed by atoms with E-state index in [1.165, 1.54) is 23.7 Å². The van der Waals surface area contributed by atoms with Gasteiger partial charge >= 0.3 is 0 Å². The number of carbonyl (C=O) groups excluding carboxylic acids is 2. The predicted molar refractivity (Wildman–Crippen MR) is 113 cm³/mol. The van der Waals surface area contributed by atoms with Crippen LogP contribution in [0.15, 0.2) is 60.5 Å². The zero-order valence-electron chi connectivity index (χ0n) is 16.3. The molecule has 0 radical (unpaired) electrons. The second-order valence-corrected chi connectivity index (χ2v) is 7.87. The smallest absolute Gasteiger partial charge is 0.274 e. The maximum Gasteiger partial charge on any atom is 0.274 e. The number of carbonyl (C=O) groups is 2. The topological polar surface area (TPSA) is 91.3 Å². The monoisotopic (exact) mass is 422 g/mol. The maximum absolute atomic E-state index is 12.8. The quantitative estimate of drug-likeness (QED) is 0.649. The number of thiazole rings is 1. The zero-order chi connectivity index (χ0) is 20.8. The minimum Gasteiger partial charge on any atom is -0.342 e. The van der Waals surface area contributed by atoms with Crippen LogP contribution in [0.4, 0.5) is 0 Å². The normalized spacial score (nSPS) is 15.5. The van der Waals surface area contributed by atoms with Crippen LogP contribution in [-0.4, -0.2) is 69.3 Å². The Morgan fingerprint density at radius 2 is 1.83 bits per heavy atom. The third-order valence-electron chi connectivity index (χ3n) is 4.95. The summed E-state index contributed by atoms with van der Waals surface area (Å²) in [7, 11) is 0. The molecule has 3 heterocycles. The van der Waals surface area contributed by atoms with E-state index in [0.717, 1.165) is 10.6 Å². The first-order chi connectivity index (χ1) is 14.7. The van der Waals surface area contributed by atoms with Gasteiger partial charge < -0.3 is 10.2 Å². The highest BCUT2D eigenvalue weighted by Gasteiger charge is 2.25. The van der Waals surface area contributed by atoms with Crippen LogP contribution >= 0.6 is 11.3 Å². The number of nitrogens with one attached hydrogen (secondary N) is 1. The van der Waals surface area contributed by atoms with Crippen LogP contribution in [0, 0.1) is 0 Å². The highest BCUT2D eigenvalue weighted by atomic mass is 32.1. The van der Waals surface area contributed by atoms with Gasteiger partial charge in [0, 0.05) is 50.1 Å². The van der Waals surface area contributed by atoms with Crippen molar-refractivity contribution in [1.82, 2.24) is 30.1 Å². The number of benzene rings is 1. The molecule has 1 N–H and O–H groups in total. The lowest BCUT2D eigenvalue weighted by Gasteiger charge is -2.34. The van der Waals surface area contributed by atoms with Crippen molar-refractivity contribution in [3.8, 4) is 0 Å². The average molecular weight is 423 g/mol. The SMILES string of the molecule is O=C(CN1CCN(C(=O)c2cnccn2)CC1)NC(c1ccccc1)c1nccs1. The number of hydrogen-bond acceptors (Lipinski definition) is 7. The Balaban J connectivity index is 1.33. The van der Waals surface area contributed by atoms with Crippen LogP contribution in [0.2, 0.25) is 0 Å². The molecule has 30 heavy (non-hydrogen) atoms. The zero-order valence-corrected chi connectivity index (χ0v) is 17.2. The summed E-state index contributed by atoms with van der Waals surface area (Å²) < 4.78 is 0. The van der Waals surface area contributed by atoms with Gasteiger partial charge in [-0.25, -0.2) is 9.97 Å². The van der Waals surface area contributed by atoms with Crippen molar-refractivity contribution in [2.45, 2.75) is 6.04 Å². The van der Waals surface area contributed by atoms with E-state index in [2.05, 4.69) is 25.2 Å². The van der Waals surface area contributed by atoms with Crippen LogP contribution < -0.4 is 5.32 Å². The highest BCUT2D eigenvalue weighted by Crippen LogP contribution is 2.23. The molecule has 154 valence electrons. The lowest BCUT2D eigenvalue weighted by Crippen LogP contribution is -2.51. The molecule has 4 rings (SSSR count). The standard InChI is InChI=1S/C21H22N6O2S/c28-18(25-19(20-24-8-13-30-20)16-4-2-1-3-5-16)15-26-9-11-27(12-10-26)21(29)17-14-22-6-7-23-17/h1-8,13-14,19H,9-12,15H2,(H,25,28). The molecule has 1 saturated heterocycles. The van der Waals surface area contributed by atoms with Crippen LogP contribution in [0.3, 0.4) is 0 Å². The summed E-state index contributed by atoms with van der Waals surface area (Å²) in [5.74, 6) is -0.187. The minimum absolute atomic E-state index is 0.0623. The van der Waals surface area contributed by atoms with Crippen LogP contribution in [-0.2, 0) is 4.79 Å². The first-order valence-electron chi connectivity index (χ1n) is 9.72. The molecule has 1 unspecified atom stereocenters. The molecule has 9 heteroatoms. The molecule has 1 aliphatic heterocycles. The minimum atomic E-state index is -0.266. The van der Waals surface area contributed by atoms with E-state index in [1.807, 2.05) is 35.7 Å². The van der Waals surface area contributed by atoms with Crippen molar-refractivity contribution < 1.29 is 9.59 Å². The molecule has 2 aromatic heterocycles. The molecule has 8 nitrogen and oxygen atoms in total. The molecular weight excluding hydrogens is 400 g/mol. The van der Waals surface area contributed by atoms with E-state index in [0.29, 0.717) is 31.9 Å². The maximum atomic E-state index is 12.8. The fourth-order valence-corrected chi connectivity index (χ4v) is 4.11. The molecule has 1 aromatic carbocycles. The second kappa shape index (κ2) is 9.55. The fraction of sp³-hybridized carbons (Fsp3) is 0.286. The summed E-state index contributed by atoms with van der Waals surface area (Å²) in [5, 5.41) is 5.87. The van der Waals surface area contributed by atoms with Crippen molar-refractivity contribution in [1.29, 1.82) is 0 Å². The molecule has 2 amide bonds. The Bertz CT molecular complexity index is 960. The van der Waals surface area contributed by atoms with Gasteiger partial charge in [-0.05, 0) is 5.56 Å². The summed E-state index contributed by atoms with van der Waals surface area (Å²) in [6.45, 7) is 2.65. The summed E-state index contributed by atoms with van der Waals surface area (Å²) in [4.78, 5) is 41.4. The number of aromatic nitrogens is 3. The van der Waals surface area contributed by atoms with Gasteiger partial charge in [-0.15, -0.1) is 11.3 Å². The van der Waals surface area contributed by atoms with Crippen LogP contribution in [0.25, 0.3) is 0 Å². The Labute approximate surface area is 178 Å². The first-order valence-corrected chi connectivity index (χ1v) is 10.6. The Kier molecular flexibility index (Phi) is 6.41. The molecule has 1 aliphatic rings. The molecule has 0 spiro atoms. The van der Waals surface area contributed by atoms with Gasteiger partial charge in [-0.2, -0.15) is 0 Å². The number of rotatable bonds is 6. The Hall–Kier alpha value is -3.17.